The van der Waals surface area contributed by atoms with Crippen LogP contribution in [0.1, 0.15) is 35.8 Å². The van der Waals surface area contributed by atoms with Crippen LogP contribution >= 0.6 is 0 Å². The number of pyridine rings is 1. The topological polar surface area (TPSA) is 79.0 Å². The lowest BCUT2D eigenvalue weighted by Crippen LogP contribution is -2.33. The summed E-state index contributed by atoms with van der Waals surface area (Å²) in [6.45, 7) is 2.69. The number of aromatic nitrogens is 3. The highest BCUT2D eigenvalue weighted by Gasteiger charge is 2.32. The first kappa shape index (κ1) is 18.1. The summed E-state index contributed by atoms with van der Waals surface area (Å²) >= 11 is 0. The van der Waals surface area contributed by atoms with Crippen LogP contribution < -0.4 is 5.56 Å². The van der Waals surface area contributed by atoms with E-state index in [1.165, 1.54) is 6.07 Å². The van der Waals surface area contributed by atoms with Crippen molar-refractivity contribution in [1.82, 2.24) is 19.9 Å². The van der Waals surface area contributed by atoms with Gasteiger partial charge in [0.2, 0.25) is 5.91 Å². The Morgan fingerprint density at radius 1 is 1.25 bits per heavy atom. The standard InChI is InChI=1S/C22H22N4O2/c1-15-6-2-3-7-16(15)12-21(28)26-11-5-9-19(26)22-24-18(13-20(27)25-22)17-8-4-10-23-14-17/h2-4,6-8,10,13-14,19H,5,9,11-12H2,1H3,(H,24,25,27). The molecule has 6 nitrogen and oxygen atoms in total. The zero-order valence-electron chi connectivity index (χ0n) is 15.8. The smallest absolute Gasteiger partial charge is 0.251 e. The maximum atomic E-state index is 13.0. The largest absolute Gasteiger partial charge is 0.332 e. The molecule has 3 aromatic rings. The minimum atomic E-state index is -0.220. The van der Waals surface area contributed by atoms with Crippen LogP contribution in [0.5, 0.6) is 0 Å². The molecule has 6 heteroatoms. The van der Waals surface area contributed by atoms with Gasteiger partial charge in [-0.3, -0.25) is 14.6 Å². The van der Waals surface area contributed by atoms with Gasteiger partial charge in [-0.15, -0.1) is 0 Å². The lowest BCUT2D eigenvalue weighted by Gasteiger charge is -2.24. The highest BCUT2D eigenvalue weighted by Crippen LogP contribution is 2.31. The molecule has 4 rings (SSSR count). The summed E-state index contributed by atoms with van der Waals surface area (Å²) in [6.07, 6.45) is 5.40. The molecule has 1 atom stereocenters. The third-order valence-corrected chi connectivity index (χ3v) is 5.21. The quantitative estimate of drug-likeness (QED) is 0.761. The number of nitrogens with zero attached hydrogens (tertiary/aromatic N) is 3. The van der Waals surface area contributed by atoms with Gasteiger partial charge in [0.05, 0.1) is 18.2 Å². The Labute approximate surface area is 163 Å². The maximum absolute atomic E-state index is 13.0. The zero-order chi connectivity index (χ0) is 19.5. The molecule has 1 N–H and O–H groups in total. The van der Waals surface area contributed by atoms with Crippen molar-refractivity contribution in [3.05, 3.63) is 82.2 Å². The van der Waals surface area contributed by atoms with E-state index < -0.39 is 0 Å². The molecule has 1 aromatic carbocycles. The molecule has 142 valence electrons. The van der Waals surface area contributed by atoms with E-state index in [1.807, 2.05) is 48.2 Å². The predicted molar refractivity (Wildman–Crippen MR) is 107 cm³/mol. The molecule has 1 fully saturated rings. The van der Waals surface area contributed by atoms with Gasteiger partial charge in [-0.05, 0) is 43.0 Å². The number of rotatable bonds is 4. The summed E-state index contributed by atoms with van der Waals surface area (Å²) in [5.41, 5.74) is 3.28. The minimum absolute atomic E-state index is 0.0613. The molecular formula is C22H22N4O2. The van der Waals surface area contributed by atoms with Gasteiger partial charge in [0, 0.05) is 30.6 Å². The molecular weight excluding hydrogens is 352 g/mol. The summed E-state index contributed by atoms with van der Waals surface area (Å²) in [4.78, 5) is 38.7. The Bertz CT molecular complexity index is 1050. The number of nitrogens with one attached hydrogen (secondary N) is 1. The van der Waals surface area contributed by atoms with Gasteiger partial charge in [0.15, 0.2) is 0 Å². The fourth-order valence-corrected chi connectivity index (χ4v) is 3.72. The number of carbonyl (C=O) groups excluding carboxylic acids is 1. The third-order valence-electron chi connectivity index (χ3n) is 5.21. The lowest BCUT2D eigenvalue weighted by atomic mass is 10.0. The van der Waals surface area contributed by atoms with E-state index in [0.717, 1.165) is 29.5 Å². The number of hydrogen-bond acceptors (Lipinski definition) is 4. The number of carbonyl (C=O) groups is 1. The van der Waals surface area contributed by atoms with E-state index in [2.05, 4.69) is 15.0 Å². The normalized spacial score (nSPS) is 16.3. The molecule has 1 aliphatic rings. The molecule has 1 unspecified atom stereocenters. The molecule has 2 aromatic heterocycles. The van der Waals surface area contributed by atoms with Gasteiger partial charge >= 0.3 is 0 Å². The van der Waals surface area contributed by atoms with Crippen molar-refractivity contribution in [2.24, 2.45) is 0 Å². The van der Waals surface area contributed by atoms with Crippen LogP contribution in [-0.4, -0.2) is 32.3 Å². The van der Waals surface area contributed by atoms with Gasteiger partial charge in [0.1, 0.15) is 5.82 Å². The number of aromatic amines is 1. The van der Waals surface area contributed by atoms with Crippen molar-refractivity contribution in [3.63, 3.8) is 0 Å². The van der Waals surface area contributed by atoms with Gasteiger partial charge < -0.3 is 9.88 Å². The summed E-state index contributed by atoms with van der Waals surface area (Å²) in [5.74, 6) is 0.605. The second-order valence-electron chi connectivity index (χ2n) is 7.11. The van der Waals surface area contributed by atoms with E-state index >= 15 is 0 Å². The van der Waals surface area contributed by atoms with Crippen molar-refractivity contribution in [3.8, 4) is 11.3 Å². The molecule has 1 saturated heterocycles. The number of H-pyrrole nitrogens is 1. The number of likely N-dealkylation sites (tertiary alicyclic amines) is 1. The fraction of sp³-hybridized carbons (Fsp3) is 0.273. The van der Waals surface area contributed by atoms with E-state index in [0.29, 0.717) is 24.5 Å². The van der Waals surface area contributed by atoms with E-state index in [9.17, 15) is 9.59 Å². The number of benzene rings is 1. The first-order chi connectivity index (χ1) is 13.6. The van der Waals surface area contributed by atoms with Crippen LogP contribution in [0.15, 0.2) is 59.7 Å². The summed E-state index contributed by atoms with van der Waals surface area (Å²) in [7, 11) is 0. The summed E-state index contributed by atoms with van der Waals surface area (Å²) < 4.78 is 0. The van der Waals surface area contributed by atoms with Gasteiger partial charge in [-0.25, -0.2) is 4.98 Å². The van der Waals surface area contributed by atoms with E-state index in [1.54, 1.807) is 12.4 Å². The van der Waals surface area contributed by atoms with Crippen LogP contribution in [0.3, 0.4) is 0 Å². The van der Waals surface area contributed by atoms with Crippen LogP contribution in [0.25, 0.3) is 11.3 Å². The molecule has 3 heterocycles. The van der Waals surface area contributed by atoms with Gasteiger partial charge in [-0.1, -0.05) is 24.3 Å². The van der Waals surface area contributed by atoms with Crippen molar-refractivity contribution < 1.29 is 4.79 Å². The molecule has 0 bridgehead atoms. The van der Waals surface area contributed by atoms with Gasteiger partial charge in [-0.2, -0.15) is 0 Å². The molecule has 28 heavy (non-hydrogen) atoms. The van der Waals surface area contributed by atoms with Crippen LogP contribution in [0.4, 0.5) is 0 Å². The molecule has 0 aliphatic carbocycles. The number of aryl methyl sites for hydroxylation is 1. The van der Waals surface area contributed by atoms with E-state index in [-0.39, 0.29) is 17.5 Å². The first-order valence-electron chi connectivity index (χ1n) is 9.47. The molecule has 0 saturated carbocycles. The van der Waals surface area contributed by atoms with E-state index in [4.69, 9.17) is 0 Å². The minimum Gasteiger partial charge on any atom is -0.332 e. The monoisotopic (exact) mass is 374 g/mol. The Morgan fingerprint density at radius 3 is 2.89 bits per heavy atom. The average Bonchev–Trinajstić information content (AvgIpc) is 3.20. The Kier molecular flexibility index (Phi) is 5.02. The second-order valence-corrected chi connectivity index (χ2v) is 7.11. The second kappa shape index (κ2) is 7.76. The SMILES string of the molecule is Cc1ccccc1CC(=O)N1CCCC1c1nc(-c2cccnc2)cc(=O)[nH]1. The molecule has 1 aliphatic heterocycles. The van der Waals surface area contributed by atoms with Crippen molar-refractivity contribution in [2.75, 3.05) is 6.54 Å². The Hall–Kier alpha value is -3.28. The van der Waals surface area contributed by atoms with Crippen molar-refractivity contribution >= 4 is 5.91 Å². The average molecular weight is 374 g/mol. The highest BCUT2D eigenvalue weighted by molar-refractivity contribution is 5.79. The van der Waals surface area contributed by atoms with Crippen LogP contribution in [0.2, 0.25) is 0 Å². The fourth-order valence-electron chi connectivity index (χ4n) is 3.72. The van der Waals surface area contributed by atoms with Crippen LogP contribution in [-0.2, 0) is 11.2 Å². The summed E-state index contributed by atoms with van der Waals surface area (Å²) in [5, 5.41) is 0. The van der Waals surface area contributed by atoms with Crippen LogP contribution in [0, 0.1) is 6.92 Å². The molecule has 1 amide bonds. The zero-order valence-corrected chi connectivity index (χ0v) is 15.8. The molecule has 0 radical (unpaired) electrons. The van der Waals surface area contributed by atoms with Crippen molar-refractivity contribution in [1.29, 1.82) is 0 Å². The number of hydrogen-bond donors (Lipinski definition) is 1. The maximum Gasteiger partial charge on any atom is 0.251 e. The third kappa shape index (κ3) is 3.71. The van der Waals surface area contributed by atoms with Crippen molar-refractivity contribution in [2.45, 2.75) is 32.2 Å². The predicted octanol–water partition coefficient (Wildman–Crippen LogP) is 3.05. The highest BCUT2D eigenvalue weighted by atomic mass is 16.2. The molecule has 0 spiro atoms. The Balaban J connectivity index is 1.62. The van der Waals surface area contributed by atoms with Gasteiger partial charge in [0.25, 0.3) is 5.56 Å². The lowest BCUT2D eigenvalue weighted by molar-refractivity contribution is -0.131. The summed E-state index contributed by atoms with van der Waals surface area (Å²) in [6, 6.07) is 12.9. The first-order valence-corrected chi connectivity index (χ1v) is 9.47. The Morgan fingerprint density at radius 2 is 2.11 bits per heavy atom. The number of amides is 1.